The Morgan fingerprint density at radius 3 is 2.50 bits per heavy atom. The molecule has 3 rings (SSSR count). The molecule has 1 N–H and O–H groups in total. The maximum atomic E-state index is 12.7. The lowest BCUT2D eigenvalue weighted by molar-refractivity contribution is -0.132. The fourth-order valence-electron chi connectivity index (χ4n) is 3.42. The van der Waals surface area contributed by atoms with Crippen molar-refractivity contribution in [3.8, 4) is 0 Å². The molecule has 0 saturated carbocycles. The lowest BCUT2D eigenvalue weighted by Gasteiger charge is -2.25. The minimum atomic E-state index is -0.943. The molecule has 24 heavy (non-hydrogen) atoms. The van der Waals surface area contributed by atoms with E-state index < -0.39 is 5.97 Å². The Bertz CT molecular complexity index is 727. The molecule has 1 aliphatic rings. The Hall–Kier alpha value is -2.62. The van der Waals surface area contributed by atoms with Gasteiger partial charge in [0.1, 0.15) is 0 Å². The molecule has 1 amide bonds. The molecule has 1 atom stereocenters. The third-order valence-corrected chi connectivity index (χ3v) is 4.61. The number of carboxylic acid groups (broad SMARTS) is 1. The van der Waals surface area contributed by atoms with Crippen molar-refractivity contribution < 1.29 is 14.7 Å². The van der Waals surface area contributed by atoms with Crippen LogP contribution < -0.4 is 0 Å². The van der Waals surface area contributed by atoms with E-state index in [2.05, 4.69) is 12.1 Å². The van der Waals surface area contributed by atoms with Crippen LogP contribution in [0.5, 0.6) is 0 Å². The van der Waals surface area contributed by atoms with Crippen LogP contribution in [0.15, 0.2) is 54.6 Å². The standard InChI is InChI=1S/C20H21NO3/c22-19(13-12-15-7-4-5-10-17(15)20(23)24)21-14-6-11-18(21)16-8-2-1-3-9-16/h1-5,7-10,18H,6,11-14H2,(H,23,24). The first-order valence-corrected chi connectivity index (χ1v) is 8.32. The molecule has 2 aromatic rings. The second kappa shape index (κ2) is 7.30. The van der Waals surface area contributed by atoms with E-state index in [0.29, 0.717) is 18.4 Å². The number of aryl methyl sites for hydroxylation is 1. The molecule has 0 spiro atoms. The van der Waals surface area contributed by atoms with Gasteiger partial charge in [-0.2, -0.15) is 0 Å². The number of rotatable bonds is 5. The summed E-state index contributed by atoms with van der Waals surface area (Å²) < 4.78 is 0. The van der Waals surface area contributed by atoms with Crippen LogP contribution in [-0.4, -0.2) is 28.4 Å². The zero-order valence-corrected chi connectivity index (χ0v) is 13.5. The van der Waals surface area contributed by atoms with Crippen LogP contribution in [0.3, 0.4) is 0 Å². The summed E-state index contributed by atoms with van der Waals surface area (Å²) in [4.78, 5) is 25.9. The fourth-order valence-corrected chi connectivity index (χ4v) is 3.42. The van der Waals surface area contributed by atoms with Gasteiger partial charge >= 0.3 is 5.97 Å². The van der Waals surface area contributed by atoms with Crippen LogP contribution in [0.4, 0.5) is 0 Å². The van der Waals surface area contributed by atoms with Gasteiger partial charge in [0.2, 0.25) is 5.91 Å². The molecule has 1 fully saturated rings. The lowest BCUT2D eigenvalue weighted by Crippen LogP contribution is -2.30. The van der Waals surface area contributed by atoms with E-state index in [1.165, 1.54) is 5.56 Å². The summed E-state index contributed by atoms with van der Waals surface area (Å²) in [6.45, 7) is 0.777. The Morgan fingerprint density at radius 1 is 1.04 bits per heavy atom. The topological polar surface area (TPSA) is 57.6 Å². The lowest BCUT2D eigenvalue weighted by atomic mass is 10.0. The van der Waals surface area contributed by atoms with Crippen molar-refractivity contribution in [3.05, 3.63) is 71.3 Å². The van der Waals surface area contributed by atoms with Crippen LogP contribution >= 0.6 is 0 Å². The Balaban J connectivity index is 1.68. The molecule has 1 heterocycles. The largest absolute Gasteiger partial charge is 0.478 e. The molecule has 0 aromatic heterocycles. The highest BCUT2D eigenvalue weighted by Crippen LogP contribution is 2.32. The molecule has 1 saturated heterocycles. The van der Waals surface area contributed by atoms with Gasteiger partial charge in [0.25, 0.3) is 0 Å². The maximum absolute atomic E-state index is 12.7. The van der Waals surface area contributed by atoms with Gasteiger partial charge in [-0.25, -0.2) is 4.79 Å². The third-order valence-electron chi connectivity index (χ3n) is 4.61. The van der Waals surface area contributed by atoms with Gasteiger partial charge in [-0.1, -0.05) is 48.5 Å². The smallest absolute Gasteiger partial charge is 0.335 e. The Kier molecular flexibility index (Phi) is 4.94. The van der Waals surface area contributed by atoms with Crippen LogP contribution in [0.2, 0.25) is 0 Å². The van der Waals surface area contributed by atoms with E-state index in [1.54, 1.807) is 18.2 Å². The zero-order chi connectivity index (χ0) is 16.9. The molecular formula is C20H21NO3. The number of aromatic carboxylic acids is 1. The first-order valence-electron chi connectivity index (χ1n) is 8.32. The monoisotopic (exact) mass is 323 g/mol. The molecule has 124 valence electrons. The molecule has 2 aromatic carbocycles. The maximum Gasteiger partial charge on any atom is 0.335 e. The first kappa shape index (κ1) is 16.2. The highest BCUT2D eigenvalue weighted by molar-refractivity contribution is 5.89. The SMILES string of the molecule is O=C(O)c1ccccc1CCC(=O)N1CCCC1c1ccccc1. The first-order chi connectivity index (χ1) is 11.7. The minimum Gasteiger partial charge on any atom is -0.478 e. The summed E-state index contributed by atoms with van der Waals surface area (Å²) in [5, 5.41) is 9.24. The van der Waals surface area contributed by atoms with Gasteiger partial charge < -0.3 is 10.0 Å². The van der Waals surface area contributed by atoms with Gasteiger partial charge in [0.15, 0.2) is 0 Å². The number of carbonyl (C=O) groups excluding carboxylic acids is 1. The van der Waals surface area contributed by atoms with E-state index in [9.17, 15) is 14.7 Å². The van der Waals surface area contributed by atoms with Crippen molar-refractivity contribution in [2.45, 2.75) is 31.7 Å². The predicted molar refractivity (Wildman–Crippen MR) is 91.9 cm³/mol. The highest BCUT2D eigenvalue weighted by Gasteiger charge is 2.29. The number of hydrogen-bond acceptors (Lipinski definition) is 2. The van der Waals surface area contributed by atoms with Crippen LogP contribution in [-0.2, 0) is 11.2 Å². The quantitative estimate of drug-likeness (QED) is 0.913. The number of nitrogens with zero attached hydrogens (tertiary/aromatic N) is 1. The van der Waals surface area contributed by atoms with Crippen LogP contribution in [0.1, 0.15) is 46.8 Å². The van der Waals surface area contributed by atoms with Crippen molar-refractivity contribution in [1.82, 2.24) is 4.90 Å². The number of likely N-dealkylation sites (tertiary alicyclic amines) is 1. The van der Waals surface area contributed by atoms with Gasteiger partial charge in [0, 0.05) is 13.0 Å². The molecule has 0 bridgehead atoms. The second-order valence-electron chi connectivity index (χ2n) is 6.12. The van der Waals surface area contributed by atoms with Gasteiger partial charge in [-0.15, -0.1) is 0 Å². The van der Waals surface area contributed by atoms with E-state index in [4.69, 9.17) is 0 Å². The summed E-state index contributed by atoms with van der Waals surface area (Å²) in [6.07, 6.45) is 2.80. The predicted octanol–water partition coefficient (Wildman–Crippen LogP) is 3.68. The second-order valence-corrected chi connectivity index (χ2v) is 6.12. The fraction of sp³-hybridized carbons (Fsp3) is 0.300. The van der Waals surface area contributed by atoms with Gasteiger partial charge in [-0.05, 0) is 36.5 Å². The molecular weight excluding hydrogens is 302 g/mol. The summed E-state index contributed by atoms with van der Waals surface area (Å²) in [5.74, 6) is -0.845. The highest BCUT2D eigenvalue weighted by atomic mass is 16.4. The summed E-state index contributed by atoms with van der Waals surface area (Å²) in [7, 11) is 0. The van der Waals surface area contributed by atoms with Crippen molar-refractivity contribution in [2.24, 2.45) is 0 Å². The average Bonchev–Trinajstić information content (AvgIpc) is 3.10. The number of carboxylic acids is 1. The summed E-state index contributed by atoms with van der Waals surface area (Å²) in [6, 6.07) is 17.2. The summed E-state index contributed by atoms with van der Waals surface area (Å²) in [5.41, 5.74) is 2.18. The van der Waals surface area contributed by atoms with Crippen molar-refractivity contribution in [3.63, 3.8) is 0 Å². The average molecular weight is 323 g/mol. The van der Waals surface area contributed by atoms with Crippen molar-refractivity contribution in [2.75, 3.05) is 6.54 Å². The van der Waals surface area contributed by atoms with E-state index in [0.717, 1.165) is 19.4 Å². The molecule has 4 nitrogen and oxygen atoms in total. The third kappa shape index (κ3) is 3.48. The molecule has 0 radical (unpaired) electrons. The normalized spacial score (nSPS) is 17.0. The van der Waals surface area contributed by atoms with E-state index in [1.807, 2.05) is 29.2 Å². The van der Waals surface area contributed by atoms with Crippen molar-refractivity contribution in [1.29, 1.82) is 0 Å². The van der Waals surface area contributed by atoms with E-state index in [-0.39, 0.29) is 17.5 Å². The van der Waals surface area contributed by atoms with Crippen molar-refractivity contribution >= 4 is 11.9 Å². The Morgan fingerprint density at radius 2 is 1.75 bits per heavy atom. The van der Waals surface area contributed by atoms with Gasteiger partial charge in [-0.3, -0.25) is 4.79 Å². The van der Waals surface area contributed by atoms with Gasteiger partial charge in [0.05, 0.1) is 11.6 Å². The number of carbonyl (C=O) groups is 2. The molecule has 4 heteroatoms. The van der Waals surface area contributed by atoms with E-state index >= 15 is 0 Å². The number of hydrogen-bond donors (Lipinski definition) is 1. The number of amides is 1. The number of benzene rings is 2. The van der Waals surface area contributed by atoms with Crippen LogP contribution in [0, 0.1) is 0 Å². The van der Waals surface area contributed by atoms with Crippen LogP contribution in [0.25, 0.3) is 0 Å². The minimum absolute atomic E-state index is 0.0987. The zero-order valence-electron chi connectivity index (χ0n) is 13.5. The molecule has 1 aliphatic heterocycles. The molecule has 1 unspecified atom stereocenters. The summed E-state index contributed by atoms with van der Waals surface area (Å²) >= 11 is 0. The Labute approximate surface area is 141 Å². The molecule has 0 aliphatic carbocycles.